The Kier molecular flexibility index (Phi) is 4.51. The van der Waals surface area contributed by atoms with E-state index in [2.05, 4.69) is 39.0 Å². The SMILES string of the molecule is Cc1cc(C(C)N)ccc1OC1CC(C)CC(C)C1. The third-order valence-corrected chi connectivity index (χ3v) is 4.15. The van der Waals surface area contributed by atoms with Gasteiger partial charge >= 0.3 is 0 Å². The average Bonchev–Trinajstić information content (AvgIpc) is 2.30. The van der Waals surface area contributed by atoms with Crippen molar-refractivity contribution in [2.45, 2.75) is 59.1 Å². The number of benzene rings is 1. The second-order valence-electron chi connectivity index (χ2n) is 6.47. The van der Waals surface area contributed by atoms with Gasteiger partial charge in [-0.2, -0.15) is 0 Å². The Morgan fingerprint density at radius 3 is 2.32 bits per heavy atom. The molecule has 2 rings (SSSR count). The second kappa shape index (κ2) is 5.96. The molecule has 1 fully saturated rings. The fourth-order valence-corrected chi connectivity index (χ4v) is 3.24. The van der Waals surface area contributed by atoms with Crippen LogP contribution in [-0.4, -0.2) is 6.10 Å². The van der Waals surface area contributed by atoms with E-state index >= 15 is 0 Å². The van der Waals surface area contributed by atoms with E-state index in [0.29, 0.717) is 6.10 Å². The molecule has 106 valence electrons. The minimum atomic E-state index is 0.0856. The molecular weight excluding hydrogens is 234 g/mol. The summed E-state index contributed by atoms with van der Waals surface area (Å²) in [5.74, 6) is 2.57. The smallest absolute Gasteiger partial charge is 0.122 e. The topological polar surface area (TPSA) is 35.2 Å². The lowest BCUT2D eigenvalue weighted by molar-refractivity contribution is 0.100. The van der Waals surface area contributed by atoms with E-state index in [1.165, 1.54) is 30.4 Å². The average molecular weight is 261 g/mol. The standard InChI is InChI=1S/C17H27NO/c1-11-7-12(2)9-16(8-11)19-17-6-5-15(14(4)18)10-13(17)3/h5-6,10-12,14,16H,7-9,18H2,1-4H3. The second-order valence-corrected chi connectivity index (χ2v) is 6.47. The lowest BCUT2D eigenvalue weighted by Gasteiger charge is -2.32. The molecule has 0 aromatic heterocycles. The lowest BCUT2D eigenvalue weighted by atomic mass is 9.82. The van der Waals surface area contributed by atoms with Gasteiger partial charge in [0, 0.05) is 6.04 Å². The minimum Gasteiger partial charge on any atom is -0.490 e. The van der Waals surface area contributed by atoms with Crippen LogP contribution in [0, 0.1) is 18.8 Å². The van der Waals surface area contributed by atoms with Crippen molar-refractivity contribution in [2.24, 2.45) is 17.6 Å². The number of rotatable bonds is 3. The molecule has 2 N–H and O–H groups in total. The van der Waals surface area contributed by atoms with Crippen LogP contribution in [0.2, 0.25) is 0 Å². The molecule has 2 nitrogen and oxygen atoms in total. The molecule has 0 bridgehead atoms. The molecule has 1 aromatic rings. The fourth-order valence-electron chi connectivity index (χ4n) is 3.24. The van der Waals surface area contributed by atoms with Crippen molar-refractivity contribution in [1.82, 2.24) is 0 Å². The summed E-state index contributed by atoms with van der Waals surface area (Å²) in [4.78, 5) is 0. The molecule has 0 amide bonds. The van der Waals surface area contributed by atoms with Crippen molar-refractivity contribution in [1.29, 1.82) is 0 Å². The number of nitrogens with two attached hydrogens (primary N) is 1. The molecule has 3 atom stereocenters. The molecule has 1 aliphatic carbocycles. The summed E-state index contributed by atoms with van der Waals surface area (Å²) in [7, 11) is 0. The van der Waals surface area contributed by atoms with Crippen LogP contribution < -0.4 is 10.5 Å². The Morgan fingerprint density at radius 1 is 1.16 bits per heavy atom. The van der Waals surface area contributed by atoms with Crippen LogP contribution >= 0.6 is 0 Å². The van der Waals surface area contributed by atoms with Crippen LogP contribution in [-0.2, 0) is 0 Å². The number of hydrogen-bond donors (Lipinski definition) is 1. The van der Waals surface area contributed by atoms with Gasteiger partial charge in [-0.05, 0) is 62.1 Å². The molecule has 0 radical (unpaired) electrons. The maximum Gasteiger partial charge on any atom is 0.122 e. The van der Waals surface area contributed by atoms with Crippen molar-refractivity contribution in [3.8, 4) is 5.75 Å². The van der Waals surface area contributed by atoms with Crippen LogP contribution in [0.4, 0.5) is 0 Å². The van der Waals surface area contributed by atoms with Gasteiger partial charge in [-0.25, -0.2) is 0 Å². The van der Waals surface area contributed by atoms with Crippen molar-refractivity contribution < 1.29 is 4.74 Å². The molecule has 1 aliphatic rings. The number of aryl methyl sites for hydroxylation is 1. The molecule has 3 unspecified atom stereocenters. The molecule has 0 spiro atoms. The first-order valence-electron chi connectivity index (χ1n) is 7.48. The van der Waals surface area contributed by atoms with Gasteiger partial charge in [-0.3, -0.25) is 0 Å². The van der Waals surface area contributed by atoms with Gasteiger partial charge in [0.25, 0.3) is 0 Å². The van der Waals surface area contributed by atoms with Crippen LogP contribution in [0.25, 0.3) is 0 Å². The Bertz CT molecular complexity index is 417. The van der Waals surface area contributed by atoms with E-state index in [1.807, 2.05) is 6.92 Å². The van der Waals surface area contributed by atoms with Gasteiger partial charge in [0.1, 0.15) is 5.75 Å². The normalized spacial score (nSPS) is 29.0. The van der Waals surface area contributed by atoms with Crippen LogP contribution in [0.15, 0.2) is 18.2 Å². The van der Waals surface area contributed by atoms with Crippen molar-refractivity contribution in [2.75, 3.05) is 0 Å². The zero-order valence-corrected chi connectivity index (χ0v) is 12.6. The highest BCUT2D eigenvalue weighted by molar-refractivity contribution is 5.37. The highest BCUT2D eigenvalue weighted by atomic mass is 16.5. The third-order valence-electron chi connectivity index (χ3n) is 4.15. The van der Waals surface area contributed by atoms with Gasteiger partial charge in [-0.1, -0.05) is 26.0 Å². The molecule has 0 aliphatic heterocycles. The first kappa shape index (κ1) is 14.4. The third kappa shape index (κ3) is 3.73. The quantitative estimate of drug-likeness (QED) is 0.884. The zero-order chi connectivity index (χ0) is 14.0. The van der Waals surface area contributed by atoms with E-state index in [9.17, 15) is 0 Å². The summed E-state index contributed by atoms with van der Waals surface area (Å²) in [6.07, 6.45) is 4.07. The maximum atomic E-state index is 6.22. The fraction of sp³-hybridized carbons (Fsp3) is 0.647. The minimum absolute atomic E-state index is 0.0856. The van der Waals surface area contributed by atoms with Crippen LogP contribution in [0.5, 0.6) is 5.75 Å². The molecule has 1 aromatic carbocycles. The molecule has 1 saturated carbocycles. The summed E-state index contributed by atoms with van der Waals surface area (Å²) in [5, 5.41) is 0. The lowest BCUT2D eigenvalue weighted by Crippen LogP contribution is -2.28. The molecule has 0 saturated heterocycles. The van der Waals surface area contributed by atoms with Gasteiger partial charge in [0.2, 0.25) is 0 Å². The summed E-state index contributed by atoms with van der Waals surface area (Å²) in [6.45, 7) is 8.78. The van der Waals surface area contributed by atoms with Gasteiger partial charge in [0.05, 0.1) is 6.10 Å². The number of ether oxygens (including phenoxy) is 1. The first-order chi connectivity index (χ1) is 8.95. The van der Waals surface area contributed by atoms with E-state index in [-0.39, 0.29) is 6.04 Å². The highest BCUT2D eigenvalue weighted by Gasteiger charge is 2.25. The van der Waals surface area contributed by atoms with Gasteiger partial charge in [-0.15, -0.1) is 0 Å². The maximum absolute atomic E-state index is 6.22. The summed E-state index contributed by atoms with van der Waals surface area (Å²) >= 11 is 0. The van der Waals surface area contributed by atoms with Crippen molar-refractivity contribution in [3.63, 3.8) is 0 Å². The molecule has 19 heavy (non-hydrogen) atoms. The first-order valence-corrected chi connectivity index (χ1v) is 7.48. The Hall–Kier alpha value is -1.02. The van der Waals surface area contributed by atoms with Crippen LogP contribution in [0.1, 0.15) is 57.2 Å². The summed E-state index contributed by atoms with van der Waals surface area (Å²) in [5.41, 5.74) is 8.28. The van der Waals surface area contributed by atoms with Crippen molar-refractivity contribution >= 4 is 0 Å². The van der Waals surface area contributed by atoms with E-state index < -0.39 is 0 Å². The van der Waals surface area contributed by atoms with Crippen molar-refractivity contribution in [3.05, 3.63) is 29.3 Å². The monoisotopic (exact) mass is 261 g/mol. The Labute approximate surface area is 117 Å². The molecule has 0 heterocycles. The summed E-state index contributed by atoms with van der Waals surface area (Å²) in [6, 6.07) is 6.40. The highest BCUT2D eigenvalue weighted by Crippen LogP contribution is 2.32. The predicted molar refractivity (Wildman–Crippen MR) is 80.4 cm³/mol. The van der Waals surface area contributed by atoms with E-state index in [0.717, 1.165) is 17.6 Å². The largest absolute Gasteiger partial charge is 0.490 e. The van der Waals surface area contributed by atoms with Gasteiger partial charge in [0.15, 0.2) is 0 Å². The van der Waals surface area contributed by atoms with Gasteiger partial charge < -0.3 is 10.5 Å². The predicted octanol–water partition coefficient (Wildman–Crippen LogP) is 4.22. The molecule has 2 heteroatoms. The summed E-state index contributed by atoms with van der Waals surface area (Å²) < 4.78 is 6.22. The van der Waals surface area contributed by atoms with E-state index in [1.54, 1.807) is 0 Å². The van der Waals surface area contributed by atoms with Crippen LogP contribution in [0.3, 0.4) is 0 Å². The Balaban J connectivity index is 2.06. The zero-order valence-electron chi connectivity index (χ0n) is 12.6. The molecular formula is C17H27NO. The van der Waals surface area contributed by atoms with E-state index in [4.69, 9.17) is 10.5 Å². The Morgan fingerprint density at radius 2 is 1.79 bits per heavy atom. The number of hydrogen-bond acceptors (Lipinski definition) is 2.